The van der Waals surface area contributed by atoms with Gasteiger partial charge < -0.3 is 4.52 Å². The highest BCUT2D eigenvalue weighted by Gasteiger charge is 2.15. The van der Waals surface area contributed by atoms with Crippen molar-refractivity contribution in [2.45, 2.75) is 26.1 Å². The zero-order chi connectivity index (χ0) is 17.9. The van der Waals surface area contributed by atoms with Crippen LogP contribution in [0.4, 0.5) is 0 Å². The maximum atomic E-state index is 12.2. The summed E-state index contributed by atoms with van der Waals surface area (Å²) in [6.45, 7) is 3.85. The molecule has 2 aromatic carbocycles. The second-order valence-electron chi connectivity index (χ2n) is 5.88. The van der Waals surface area contributed by atoms with E-state index >= 15 is 0 Å². The normalized spacial score (nSPS) is 11.6. The number of rotatable bonds is 6. The monoisotopic (exact) mass is 357 g/mol. The Balaban J connectivity index is 1.65. The summed E-state index contributed by atoms with van der Waals surface area (Å²) >= 11 is 0. The van der Waals surface area contributed by atoms with Gasteiger partial charge in [0.2, 0.25) is 21.7 Å². The molecule has 25 heavy (non-hydrogen) atoms. The van der Waals surface area contributed by atoms with E-state index in [4.69, 9.17) is 4.52 Å². The molecule has 0 amide bonds. The average Bonchev–Trinajstić information content (AvgIpc) is 3.05. The minimum atomic E-state index is -3.49. The van der Waals surface area contributed by atoms with Crippen molar-refractivity contribution in [1.29, 1.82) is 0 Å². The van der Waals surface area contributed by atoms with E-state index in [2.05, 4.69) is 14.9 Å². The second kappa shape index (κ2) is 7.16. The van der Waals surface area contributed by atoms with E-state index in [0.717, 1.165) is 22.3 Å². The third-order valence-electron chi connectivity index (χ3n) is 3.83. The Morgan fingerprint density at radius 3 is 2.48 bits per heavy atom. The number of aryl methyl sites for hydroxylation is 2. The summed E-state index contributed by atoms with van der Waals surface area (Å²) in [6.07, 6.45) is 0. The van der Waals surface area contributed by atoms with Crippen molar-refractivity contribution in [2.24, 2.45) is 0 Å². The van der Waals surface area contributed by atoms with Crippen LogP contribution >= 0.6 is 0 Å². The van der Waals surface area contributed by atoms with Crippen molar-refractivity contribution in [1.82, 2.24) is 14.9 Å². The molecule has 3 rings (SSSR count). The fourth-order valence-electron chi connectivity index (χ4n) is 2.35. The number of benzene rings is 2. The van der Waals surface area contributed by atoms with Crippen LogP contribution in [0.25, 0.3) is 11.4 Å². The Hall–Kier alpha value is -2.51. The van der Waals surface area contributed by atoms with Crippen molar-refractivity contribution in [3.05, 3.63) is 71.1 Å². The van der Waals surface area contributed by atoms with Gasteiger partial charge in [0, 0.05) is 5.56 Å². The Bertz CT molecular complexity index is 963. The Labute approximate surface area is 147 Å². The Kier molecular flexibility index (Phi) is 4.96. The molecule has 3 aromatic rings. The summed E-state index contributed by atoms with van der Waals surface area (Å²) in [5.41, 5.74) is 3.66. The minimum absolute atomic E-state index is 0.0346. The standard InChI is InChI=1S/C18H19N3O3S/c1-13-7-9-15(10-8-13)18-20-17(24-21-18)11-19-25(22,23)12-16-6-4-3-5-14(16)2/h3-10,19H,11-12H2,1-2H3. The SMILES string of the molecule is Cc1ccc(-c2noc(CNS(=O)(=O)Cc3ccccc3C)n2)cc1. The van der Waals surface area contributed by atoms with Gasteiger partial charge >= 0.3 is 0 Å². The molecule has 0 saturated carbocycles. The lowest BCUT2D eigenvalue weighted by atomic mass is 10.1. The summed E-state index contributed by atoms with van der Waals surface area (Å²) in [4.78, 5) is 4.23. The smallest absolute Gasteiger partial charge is 0.242 e. The van der Waals surface area contributed by atoms with Gasteiger partial charge in [-0.1, -0.05) is 59.3 Å². The van der Waals surface area contributed by atoms with Crippen LogP contribution in [0.5, 0.6) is 0 Å². The lowest BCUT2D eigenvalue weighted by molar-refractivity contribution is 0.376. The molecule has 6 nitrogen and oxygen atoms in total. The van der Waals surface area contributed by atoms with Gasteiger partial charge in [0.1, 0.15) is 0 Å². The number of hydrogen-bond donors (Lipinski definition) is 1. The topological polar surface area (TPSA) is 85.1 Å². The molecular formula is C18H19N3O3S. The van der Waals surface area contributed by atoms with Crippen LogP contribution in [-0.4, -0.2) is 18.6 Å². The van der Waals surface area contributed by atoms with E-state index in [-0.39, 0.29) is 18.2 Å². The molecule has 1 aromatic heterocycles. The summed E-state index contributed by atoms with van der Waals surface area (Å²) < 4.78 is 32.1. The second-order valence-corrected chi connectivity index (χ2v) is 7.69. The maximum absolute atomic E-state index is 12.2. The van der Waals surface area contributed by atoms with Crippen LogP contribution in [0.2, 0.25) is 0 Å². The first-order valence-electron chi connectivity index (χ1n) is 7.84. The van der Waals surface area contributed by atoms with Gasteiger partial charge in [-0.15, -0.1) is 0 Å². The van der Waals surface area contributed by atoms with Crippen LogP contribution in [0, 0.1) is 13.8 Å². The molecule has 0 fully saturated rings. The fraction of sp³-hybridized carbons (Fsp3) is 0.222. The summed E-state index contributed by atoms with van der Waals surface area (Å²) in [5, 5.41) is 3.89. The van der Waals surface area contributed by atoms with Gasteiger partial charge in [0.15, 0.2) is 0 Å². The zero-order valence-electron chi connectivity index (χ0n) is 14.1. The zero-order valence-corrected chi connectivity index (χ0v) is 14.9. The van der Waals surface area contributed by atoms with Gasteiger partial charge in [0.05, 0.1) is 12.3 Å². The largest absolute Gasteiger partial charge is 0.338 e. The first-order chi connectivity index (χ1) is 11.9. The number of aromatic nitrogens is 2. The average molecular weight is 357 g/mol. The van der Waals surface area contributed by atoms with Gasteiger partial charge in [-0.25, -0.2) is 13.1 Å². The highest BCUT2D eigenvalue weighted by atomic mass is 32.2. The van der Waals surface area contributed by atoms with Crippen LogP contribution < -0.4 is 4.72 Å². The molecule has 0 unspecified atom stereocenters. The molecule has 0 spiro atoms. The number of sulfonamides is 1. The summed E-state index contributed by atoms with van der Waals surface area (Å²) in [5.74, 6) is 0.579. The van der Waals surface area contributed by atoms with Crippen molar-refractivity contribution < 1.29 is 12.9 Å². The van der Waals surface area contributed by atoms with E-state index in [0.29, 0.717) is 5.82 Å². The molecule has 0 aliphatic carbocycles. The Morgan fingerprint density at radius 2 is 1.76 bits per heavy atom. The highest BCUT2D eigenvalue weighted by molar-refractivity contribution is 7.88. The van der Waals surface area contributed by atoms with Crippen molar-refractivity contribution in [3.63, 3.8) is 0 Å². The molecule has 0 aliphatic heterocycles. The van der Waals surface area contributed by atoms with E-state index in [9.17, 15) is 8.42 Å². The van der Waals surface area contributed by atoms with E-state index in [1.807, 2.05) is 56.3 Å². The Morgan fingerprint density at radius 1 is 1.04 bits per heavy atom. The molecular weight excluding hydrogens is 338 g/mol. The molecule has 7 heteroatoms. The number of nitrogens with one attached hydrogen (secondary N) is 1. The molecule has 0 bridgehead atoms. The highest BCUT2D eigenvalue weighted by Crippen LogP contribution is 2.16. The molecule has 0 saturated heterocycles. The molecule has 1 heterocycles. The van der Waals surface area contributed by atoms with Crippen molar-refractivity contribution in [2.75, 3.05) is 0 Å². The molecule has 0 atom stereocenters. The number of hydrogen-bond acceptors (Lipinski definition) is 5. The van der Waals surface area contributed by atoms with Crippen LogP contribution in [0.15, 0.2) is 53.1 Å². The quantitative estimate of drug-likeness (QED) is 0.733. The molecule has 130 valence electrons. The van der Waals surface area contributed by atoms with Crippen LogP contribution in [0.1, 0.15) is 22.6 Å². The van der Waals surface area contributed by atoms with Crippen molar-refractivity contribution >= 4 is 10.0 Å². The summed E-state index contributed by atoms with van der Waals surface area (Å²) in [7, 11) is -3.49. The molecule has 1 N–H and O–H groups in total. The third kappa shape index (κ3) is 4.52. The minimum Gasteiger partial charge on any atom is -0.338 e. The molecule has 0 aliphatic rings. The van der Waals surface area contributed by atoms with Gasteiger partial charge in [-0.05, 0) is 25.0 Å². The van der Waals surface area contributed by atoms with Crippen molar-refractivity contribution in [3.8, 4) is 11.4 Å². The molecule has 0 radical (unpaired) electrons. The number of nitrogens with zero attached hydrogens (tertiary/aromatic N) is 2. The lowest BCUT2D eigenvalue weighted by Gasteiger charge is -2.07. The predicted molar refractivity (Wildman–Crippen MR) is 95.1 cm³/mol. The van der Waals surface area contributed by atoms with Gasteiger partial charge in [-0.3, -0.25) is 0 Å². The summed E-state index contributed by atoms with van der Waals surface area (Å²) in [6, 6.07) is 15.1. The van der Waals surface area contributed by atoms with Gasteiger partial charge in [-0.2, -0.15) is 4.98 Å². The first-order valence-corrected chi connectivity index (χ1v) is 9.50. The van der Waals surface area contributed by atoms with E-state index < -0.39 is 10.0 Å². The third-order valence-corrected chi connectivity index (χ3v) is 5.10. The first kappa shape index (κ1) is 17.3. The van der Waals surface area contributed by atoms with E-state index in [1.165, 1.54) is 0 Å². The maximum Gasteiger partial charge on any atom is 0.242 e. The fourth-order valence-corrected chi connectivity index (χ4v) is 3.52. The van der Waals surface area contributed by atoms with Crippen LogP contribution in [-0.2, 0) is 22.3 Å². The predicted octanol–water partition coefficient (Wildman–Crippen LogP) is 2.97. The lowest BCUT2D eigenvalue weighted by Crippen LogP contribution is -2.25. The van der Waals surface area contributed by atoms with Crippen LogP contribution in [0.3, 0.4) is 0 Å². The van der Waals surface area contributed by atoms with E-state index in [1.54, 1.807) is 6.07 Å². The van der Waals surface area contributed by atoms with Gasteiger partial charge in [0.25, 0.3) is 0 Å².